The maximum absolute atomic E-state index is 6.73. The van der Waals surface area contributed by atoms with E-state index in [4.69, 9.17) is 19.4 Å². The van der Waals surface area contributed by atoms with Crippen molar-refractivity contribution in [3.63, 3.8) is 0 Å². The summed E-state index contributed by atoms with van der Waals surface area (Å²) < 4.78 is 22.0. The second-order valence-electron chi connectivity index (χ2n) is 20.1. The Morgan fingerprint density at radius 3 is 1.19 bits per heavy atom. The molecule has 0 saturated heterocycles. The van der Waals surface area contributed by atoms with Crippen LogP contribution in [0.3, 0.4) is 0 Å². The molecule has 0 spiro atoms. The molecular weight excluding hydrogens is 837 g/mol. The number of fused-ring (bicyclic) bond motifs is 2. The van der Waals surface area contributed by atoms with Gasteiger partial charge in [-0.3, -0.25) is 28.2 Å². The lowest BCUT2D eigenvalue weighted by Crippen LogP contribution is -2.30. The van der Waals surface area contributed by atoms with E-state index in [0.29, 0.717) is 34.4 Å². The van der Waals surface area contributed by atoms with Gasteiger partial charge >= 0.3 is 0 Å². The molecule has 6 aromatic carbocycles. The van der Waals surface area contributed by atoms with E-state index in [0.717, 1.165) is 55.9 Å². The highest BCUT2D eigenvalue weighted by molar-refractivity contribution is 5.76. The van der Waals surface area contributed by atoms with E-state index in [9.17, 15) is 0 Å². The molecule has 10 rings (SSSR count). The Morgan fingerprint density at radius 1 is 0.426 bits per heavy atom. The SMILES string of the molecule is Cc1cc(C)cc(-n2[c-][n+](-c3cc(Oc4ccnc(-c5cc(Oc6cc(-[n+]7[c-]n(-c8cc(C)cc(C)c8)c8ccccc87)cc(C(C)(C)C)c6)ccn5)c4)cc(C(C)(C)C)c3)c3ccccc32)c1. The molecule has 0 radical (unpaired) electrons. The van der Waals surface area contributed by atoms with Crippen LogP contribution in [0.2, 0.25) is 0 Å². The summed E-state index contributed by atoms with van der Waals surface area (Å²) in [6, 6.07) is 50.5. The van der Waals surface area contributed by atoms with E-state index in [1.807, 2.05) is 24.3 Å². The van der Waals surface area contributed by atoms with Gasteiger partial charge in [-0.05, 0) is 122 Å². The molecular formula is C60H56N6O2. The van der Waals surface area contributed by atoms with Crippen molar-refractivity contribution < 1.29 is 18.6 Å². The van der Waals surface area contributed by atoms with Crippen LogP contribution in [0.25, 0.3) is 56.2 Å². The number of imidazole rings is 2. The van der Waals surface area contributed by atoms with Gasteiger partial charge < -0.3 is 9.47 Å². The third-order valence-corrected chi connectivity index (χ3v) is 12.3. The van der Waals surface area contributed by atoms with Crippen molar-refractivity contribution in [1.82, 2.24) is 19.1 Å². The molecule has 0 aliphatic heterocycles. The number of hydrogen-bond donors (Lipinski definition) is 0. The van der Waals surface area contributed by atoms with Crippen molar-refractivity contribution >= 4 is 22.1 Å². The normalized spacial score (nSPS) is 12.0. The lowest BCUT2D eigenvalue weighted by Gasteiger charge is -2.22. The van der Waals surface area contributed by atoms with Crippen LogP contribution in [-0.2, 0) is 10.8 Å². The van der Waals surface area contributed by atoms with Gasteiger partial charge in [-0.15, -0.1) is 0 Å². The molecule has 0 atom stereocenters. The number of benzene rings is 6. The number of aryl methyl sites for hydroxylation is 4. The van der Waals surface area contributed by atoms with Gasteiger partial charge in [0.05, 0.1) is 56.2 Å². The lowest BCUT2D eigenvalue weighted by atomic mass is 9.86. The van der Waals surface area contributed by atoms with Gasteiger partial charge in [-0.2, -0.15) is 0 Å². The Hall–Kier alpha value is -7.84. The molecule has 0 aliphatic rings. The zero-order valence-electron chi connectivity index (χ0n) is 40.5. The van der Waals surface area contributed by atoms with Crippen LogP contribution in [0, 0.1) is 40.3 Å². The molecule has 68 heavy (non-hydrogen) atoms. The first-order chi connectivity index (χ1) is 32.5. The van der Waals surface area contributed by atoms with Gasteiger partial charge in [0, 0.05) is 24.5 Å². The molecule has 0 aliphatic carbocycles. The number of hydrogen-bond acceptors (Lipinski definition) is 4. The fourth-order valence-electron chi connectivity index (χ4n) is 8.96. The summed E-state index contributed by atoms with van der Waals surface area (Å²) in [6.07, 6.45) is 10.9. The highest BCUT2D eigenvalue weighted by Crippen LogP contribution is 2.35. The minimum absolute atomic E-state index is 0.155. The topological polar surface area (TPSA) is 61.9 Å². The van der Waals surface area contributed by atoms with Crippen LogP contribution < -0.4 is 18.6 Å². The molecule has 0 unspecified atom stereocenters. The quantitative estimate of drug-likeness (QED) is 0.107. The number of pyridine rings is 2. The smallest absolute Gasteiger partial charge is 0.269 e. The summed E-state index contributed by atoms with van der Waals surface area (Å²) in [5, 5.41) is 0. The van der Waals surface area contributed by atoms with Gasteiger partial charge in [0.25, 0.3) is 12.7 Å². The number of nitrogens with zero attached hydrogens (tertiary/aromatic N) is 6. The predicted molar refractivity (Wildman–Crippen MR) is 271 cm³/mol. The van der Waals surface area contributed by atoms with Gasteiger partial charge in [0.15, 0.2) is 0 Å². The second-order valence-corrected chi connectivity index (χ2v) is 20.1. The van der Waals surface area contributed by atoms with E-state index >= 15 is 0 Å². The van der Waals surface area contributed by atoms with Crippen LogP contribution >= 0.6 is 0 Å². The zero-order valence-corrected chi connectivity index (χ0v) is 40.5. The predicted octanol–water partition coefficient (Wildman–Crippen LogP) is 13.6. The molecule has 4 heterocycles. The van der Waals surface area contributed by atoms with E-state index in [-0.39, 0.29) is 10.8 Å². The Labute approximate surface area is 399 Å². The average molecular weight is 893 g/mol. The van der Waals surface area contributed by atoms with Crippen LogP contribution in [0.1, 0.15) is 74.9 Å². The zero-order chi connectivity index (χ0) is 47.5. The number of aromatic nitrogens is 6. The molecule has 338 valence electrons. The lowest BCUT2D eigenvalue weighted by molar-refractivity contribution is -0.572. The fraction of sp³-hybridized carbons (Fsp3) is 0.200. The van der Waals surface area contributed by atoms with E-state index in [1.54, 1.807) is 12.4 Å². The maximum atomic E-state index is 6.73. The largest absolute Gasteiger partial charge is 0.458 e. The maximum Gasteiger partial charge on any atom is 0.269 e. The van der Waals surface area contributed by atoms with Crippen molar-refractivity contribution in [2.45, 2.75) is 80.1 Å². The third kappa shape index (κ3) is 8.90. The molecule has 0 N–H and O–H groups in total. The van der Waals surface area contributed by atoms with Gasteiger partial charge in [-0.1, -0.05) is 124 Å². The molecule has 0 amide bonds. The summed E-state index contributed by atoms with van der Waals surface area (Å²) in [7, 11) is 0. The Kier molecular flexibility index (Phi) is 11.1. The third-order valence-electron chi connectivity index (χ3n) is 12.3. The Morgan fingerprint density at radius 2 is 0.809 bits per heavy atom. The summed E-state index contributed by atoms with van der Waals surface area (Å²) in [5.41, 5.74) is 16.4. The molecule has 8 nitrogen and oxygen atoms in total. The molecule has 8 heteroatoms. The van der Waals surface area contributed by atoms with Crippen molar-refractivity contribution in [3.8, 4) is 57.1 Å². The monoisotopic (exact) mass is 892 g/mol. The van der Waals surface area contributed by atoms with Crippen molar-refractivity contribution in [2.24, 2.45) is 0 Å². The minimum atomic E-state index is -0.155. The molecule has 0 fully saturated rings. The van der Waals surface area contributed by atoms with Crippen molar-refractivity contribution in [2.75, 3.05) is 0 Å². The fourth-order valence-corrected chi connectivity index (χ4v) is 8.96. The minimum Gasteiger partial charge on any atom is -0.458 e. The van der Waals surface area contributed by atoms with Crippen LogP contribution in [0.4, 0.5) is 0 Å². The van der Waals surface area contributed by atoms with Crippen molar-refractivity contribution in [3.05, 3.63) is 204 Å². The standard InChI is InChI=1S/C60H56N6O2/c1-39-23-40(2)26-45(25-39)63-37-65(57-17-13-11-15-55(57)63)47-29-43(59(5,6)7)31-51(33-47)67-49-19-21-61-53(35-49)54-36-50(20-22-62-54)68-52-32-44(60(8,9)10)30-48(34-52)66-38-64(56-16-12-14-18-58(56)66)46-27-41(3)24-42(4)28-46/h11-36H,1-10H3. The Balaban J connectivity index is 0.973. The summed E-state index contributed by atoms with van der Waals surface area (Å²) in [4.78, 5) is 9.49. The first-order valence-corrected chi connectivity index (χ1v) is 23.2. The molecule has 4 aromatic heterocycles. The summed E-state index contributed by atoms with van der Waals surface area (Å²) in [6.45, 7) is 21.8. The first-order valence-electron chi connectivity index (χ1n) is 23.2. The van der Waals surface area contributed by atoms with Gasteiger partial charge in [0.2, 0.25) is 0 Å². The molecule has 10 aromatic rings. The van der Waals surface area contributed by atoms with E-state index < -0.39 is 0 Å². The first kappa shape index (κ1) is 44.0. The summed E-state index contributed by atoms with van der Waals surface area (Å²) in [5.74, 6) is 2.70. The number of ether oxygens (including phenoxy) is 2. The highest BCUT2D eigenvalue weighted by atomic mass is 16.5. The highest BCUT2D eigenvalue weighted by Gasteiger charge is 2.22. The van der Waals surface area contributed by atoms with Crippen molar-refractivity contribution in [1.29, 1.82) is 0 Å². The van der Waals surface area contributed by atoms with Crippen LogP contribution in [0.5, 0.6) is 23.0 Å². The molecule has 0 bridgehead atoms. The summed E-state index contributed by atoms with van der Waals surface area (Å²) >= 11 is 0. The second kappa shape index (κ2) is 17.1. The number of para-hydroxylation sites is 4. The van der Waals surface area contributed by atoms with Crippen LogP contribution in [-0.4, -0.2) is 19.1 Å². The van der Waals surface area contributed by atoms with Gasteiger partial charge in [0.1, 0.15) is 23.0 Å². The molecule has 0 saturated carbocycles. The van der Waals surface area contributed by atoms with Gasteiger partial charge in [-0.25, -0.2) is 0 Å². The van der Waals surface area contributed by atoms with E-state index in [1.165, 1.54) is 22.3 Å². The number of rotatable bonds is 9. The van der Waals surface area contributed by atoms with E-state index in [2.05, 4.69) is 221 Å². The Bertz CT molecular complexity index is 3270. The average Bonchev–Trinajstić information content (AvgIpc) is 3.88. The van der Waals surface area contributed by atoms with Crippen LogP contribution in [0.15, 0.2) is 158 Å².